The zero-order valence-electron chi connectivity index (χ0n) is 23.5. The number of unbranched alkanes of at least 4 members (excludes halogenated alkanes) is 2. The van der Waals surface area contributed by atoms with Crippen LogP contribution in [0.5, 0.6) is 0 Å². The van der Waals surface area contributed by atoms with E-state index in [1.807, 2.05) is 0 Å². The maximum Gasteiger partial charge on any atom is 0.246 e. The van der Waals surface area contributed by atoms with Gasteiger partial charge in [0.15, 0.2) is 5.78 Å². The van der Waals surface area contributed by atoms with Gasteiger partial charge in [-0.15, -0.1) is 0 Å². The van der Waals surface area contributed by atoms with Crippen molar-refractivity contribution in [3.8, 4) is 0 Å². The quantitative estimate of drug-likeness (QED) is 0.320. The number of carbonyl (C=O) groups excluding carboxylic acids is 5. The van der Waals surface area contributed by atoms with Gasteiger partial charge in [0.2, 0.25) is 23.6 Å². The average Bonchev–Trinajstić information content (AvgIpc) is 3.41. The summed E-state index contributed by atoms with van der Waals surface area (Å²) in [5.74, 6) is -2.52. The van der Waals surface area contributed by atoms with E-state index in [2.05, 4.69) is 16.0 Å². The van der Waals surface area contributed by atoms with Crippen LogP contribution >= 0.6 is 0 Å². The molecule has 4 amide bonds. The van der Waals surface area contributed by atoms with Crippen LogP contribution < -0.4 is 16.0 Å². The second-order valence-corrected chi connectivity index (χ2v) is 11.0. The molecule has 2 aliphatic rings. The second-order valence-electron chi connectivity index (χ2n) is 11.0. The molecule has 0 radical (unpaired) electrons. The Hall–Kier alpha value is -3.34. The lowest BCUT2D eigenvalue weighted by molar-refractivity contribution is -0.144. The van der Waals surface area contributed by atoms with E-state index >= 15 is 0 Å². The Bertz CT molecular complexity index is 1090. The van der Waals surface area contributed by atoms with Gasteiger partial charge < -0.3 is 26.0 Å². The molecule has 5 atom stereocenters. The van der Waals surface area contributed by atoms with Gasteiger partial charge in [0.1, 0.15) is 35.6 Å². The van der Waals surface area contributed by atoms with Crippen LogP contribution in [0, 0.1) is 5.82 Å². The fraction of sp³-hybridized carbons (Fsp3) is 0.621. The van der Waals surface area contributed by atoms with E-state index < -0.39 is 59.2 Å². The second kappa shape index (κ2) is 13.8. The van der Waals surface area contributed by atoms with E-state index in [1.165, 1.54) is 24.0 Å². The summed E-state index contributed by atoms with van der Waals surface area (Å²) in [5, 5.41) is 17.8. The summed E-state index contributed by atoms with van der Waals surface area (Å²) in [5.41, 5.74) is -0.709. The zero-order valence-corrected chi connectivity index (χ0v) is 23.5. The molecule has 220 valence electrons. The van der Waals surface area contributed by atoms with Gasteiger partial charge in [-0.2, -0.15) is 0 Å². The van der Waals surface area contributed by atoms with Crippen LogP contribution in [0.4, 0.5) is 4.39 Å². The monoisotopic (exact) mass is 560 g/mol. The largest absolute Gasteiger partial charge is 0.386 e. The van der Waals surface area contributed by atoms with Crippen LogP contribution in [0.2, 0.25) is 0 Å². The number of carbonyl (C=O) groups is 5. The normalized spacial score (nSPS) is 26.6. The summed E-state index contributed by atoms with van der Waals surface area (Å²) < 4.78 is 13.5. The number of ketones is 1. The lowest BCUT2D eigenvalue weighted by atomic mass is 9.94. The van der Waals surface area contributed by atoms with Crippen molar-refractivity contribution < 1.29 is 33.5 Å². The van der Waals surface area contributed by atoms with Crippen molar-refractivity contribution in [1.29, 1.82) is 0 Å². The number of rotatable bonds is 10. The number of halogens is 1. The highest BCUT2D eigenvalue weighted by Gasteiger charge is 2.43. The Morgan fingerprint density at radius 2 is 1.77 bits per heavy atom. The van der Waals surface area contributed by atoms with Gasteiger partial charge in [0.25, 0.3) is 0 Å². The zero-order chi connectivity index (χ0) is 29.4. The minimum absolute atomic E-state index is 0.101. The molecule has 0 bridgehead atoms. The van der Waals surface area contributed by atoms with Crippen molar-refractivity contribution in [1.82, 2.24) is 20.9 Å². The Labute approximate surface area is 234 Å². The number of nitrogens with one attached hydrogen (secondary N) is 3. The minimum Gasteiger partial charge on any atom is -0.386 e. The van der Waals surface area contributed by atoms with Crippen LogP contribution in [0.15, 0.2) is 24.3 Å². The molecular weight excluding hydrogens is 519 g/mol. The van der Waals surface area contributed by atoms with Crippen LogP contribution in [-0.2, 0) is 30.4 Å². The Kier molecular flexibility index (Phi) is 10.8. The van der Waals surface area contributed by atoms with Crippen LogP contribution in [0.3, 0.4) is 0 Å². The molecule has 0 saturated carbocycles. The number of hydrogen-bond donors (Lipinski definition) is 4. The van der Waals surface area contributed by atoms with Gasteiger partial charge in [0.05, 0.1) is 0 Å². The van der Waals surface area contributed by atoms with E-state index in [0.29, 0.717) is 44.2 Å². The number of fused-ring (bicyclic) bond motifs is 1. The molecule has 2 saturated heterocycles. The Morgan fingerprint density at radius 3 is 2.42 bits per heavy atom. The van der Waals surface area contributed by atoms with Crippen molar-refractivity contribution in [2.75, 3.05) is 6.54 Å². The number of benzene rings is 1. The number of hydrogen-bond acceptors (Lipinski definition) is 6. The number of aliphatic hydroxyl groups excluding tert-OH is 1. The van der Waals surface area contributed by atoms with E-state index in [1.54, 1.807) is 26.0 Å². The first-order valence-corrected chi connectivity index (χ1v) is 14.1. The van der Waals surface area contributed by atoms with Crippen LogP contribution in [0.1, 0.15) is 77.7 Å². The number of amides is 4. The lowest BCUT2D eigenvalue weighted by Crippen LogP contribution is -2.65. The molecule has 0 aliphatic carbocycles. The lowest BCUT2D eigenvalue weighted by Gasteiger charge is -2.36. The predicted octanol–water partition coefficient (Wildman–Crippen LogP) is 1.53. The molecule has 3 rings (SSSR count). The molecule has 10 nitrogen and oxygen atoms in total. The first kappa shape index (κ1) is 31.2. The van der Waals surface area contributed by atoms with Crippen molar-refractivity contribution >= 4 is 29.4 Å². The van der Waals surface area contributed by atoms with Crippen molar-refractivity contribution in [3.63, 3.8) is 0 Å². The molecule has 11 heteroatoms. The summed E-state index contributed by atoms with van der Waals surface area (Å²) in [6.07, 6.45) is 2.56. The molecule has 2 fully saturated rings. The standard InChI is InChI=1S/C29H41FN4O6/c1-4-29(3)28(40)32-22(17-19-12-14-20(30)15-13-19)27(39)34-16-8-10-23(34)26(38)31-21(25(37)33-29)9-6-5-7-11-24(36)18(2)35/h12-15,18,21-23,35H,4-11,16-17H2,1-3H3,(H,31,38)(H,32,40)(H,33,37)/t18-,21+,22+,23?,29+/m1/s1. The van der Waals surface area contributed by atoms with Crippen LogP contribution in [-0.4, -0.2) is 75.7 Å². The highest BCUT2D eigenvalue weighted by molar-refractivity contribution is 5.99. The van der Waals surface area contributed by atoms with Crippen molar-refractivity contribution in [2.24, 2.45) is 0 Å². The maximum absolute atomic E-state index is 13.7. The van der Waals surface area contributed by atoms with Gasteiger partial charge >= 0.3 is 0 Å². The third-order valence-corrected chi connectivity index (χ3v) is 7.92. The van der Waals surface area contributed by atoms with Crippen LogP contribution in [0.25, 0.3) is 0 Å². The summed E-state index contributed by atoms with van der Waals surface area (Å²) >= 11 is 0. The van der Waals surface area contributed by atoms with E-state index in [0.717, 1.165) is 0 Å². The summed E-state index contributed by atoms with van der Waals surface area (Å²) in [4.78, 5) is 67.2. The van der Waals surface area contributed by atoms with Gasteiger partial charge in [-0.05, 0) is 63.6 Å². The molecule has 2 heterocycles. The third kappa shape index (κ3) is 7.87. The molecular formula is C29H41FN4O6. The summed E-state index contributed by atoms with van der Waals surface area (Å²) in [6, 6.07) is 2.95. The topological polar surface area (TPSA) is 145 Å². The third-order valence-electron chi connectivity index (χ3n) is 7.92. The van der Waals surface area contributed by atoms with E-state index in [9.17, 15) is 33.5 Å². The van der Waals surface area contributed by atoms with Gasteiger partial charge in [-0.1, -0.05) is 31.9 Å². The SMILES string of the molecule is CC[C@]1(C)NC(=O)[C@H](CCCCCC(=O)[C@@H](C)O)NC(=O)C2CCCN2C(=O)[C@H](Cc2ccc(F)cc2)NC1=O. The molecule has 0 aromatic heterocycles. The Morgan fingerprint density at radius 1 is 1.07 bits per heavy atom. The van der Waals surface area contributed by atoms with Gasteiger partial charge in [-0.25, -0.2) is 4.39 Å². The fourth-order valence-corrected chi connectivity index (χ4v) is 5.11. The fourth-order valence-electron chi connectivity index (χ4n) is 5.11. The molecule has 40 heavy (non-hydrogen) atoms. The average molecular weight is 561 g/mol. The van der Waals surface area contributed by atoms with Gasteiger partial charge in [-0.3, -0.25) is 24.0 Å². The Balaban J connectivity index is 1.82. The molecule has 2 aliphatic heterocycles. The number of nitrogens with zero attached hydrogens (tertiary/aromatic N) is 1. The number of aliphatic hydroxyl groups is 1. The number of Topliss-reactive ketones (excluding diaryl/α,β-unsaturated/α-hetero) is 1. The molecule has 4 N–H and O–H groups in total. The predicted molar refractivity (Wildman–Crippen MR) is 145 cm³/mol. The first-order chi connectivity index (χ1) is 18.9. The first-order valence-electron chi connectivity index (χ1n) is 14.1. The summed E-state index contributed by atoms with van der Waals surface area (Å²) in [6.45, 7) is 5.08. The van der Waals surface area contributed by atoms with Crippen molar-refractivity contribution in [2.45, 2.75) is 108 Å². The minimum atomic E-state index is -1.35. The highest BCUT2D eigenvalue weighted by atomic mass is 19.1. The molecule has 1 aromatic rings. The van der Waals surface area contributed by atoms with E-state index in [-0.39, 0.29) is 31.5 Å². The molecule has 1 unspecified atom stereocenters. The van der Waals surface area contributed by atoms with E-state index in [4.69, 9.17) is 0 Å². The molecule has 1 aromatic carbocycles. The van der Waals surface area contributed by atoms with Crippen molar-refractivity contribution in [3.05, 3.63) is 35.6 Å². The molecule has 0 spiro atoms. The van der Waals surface area contributed by atoms with Gasteiger partial charge in [0, 0.05) is 19.4 Å². The highest BCUT2D eigenvalue weighted by Crippen LogP contribution is 2.22. The smallest absolute Gasteiger partial charge is 0.246 e. The maximum atomic E-state index is 13.7. The summed E-state index contributed by atoms with van der Waals surface area (Å²) in [7, 11) is 0.